The molecule has 1 atom stereocenters. The van der Waals surface area contributed by atoms with Crippen molar-refractivity contribution in [2.45, 2.75) is 38.3 Å². The van der Waals surface area contributed by atoms with Crippen molar-refractivity contribution in [3.63, 3.8) is 0 Å². The maximum absolute atomic E-state index is 12.9. The number of carbonyl (C=O) groups excluding carboxylic acids is 1. The molecule has 0 radical (unpaired) electrons. The minimum absolute atomic E-state index is 0.0374. The lowest BCUT2D eigenvalue weighted by molar-refractivity contribution is -0.141. The number of imidazole rings is 1. The van der Waals surface area contributed by atoms with Crippen LogP contribution in [-0.4, -0.2) is 85.8 Å². The van der Waals surface area contributed by atoms with Gasteiger partial charge in [-0.15, -0.1) is 0 Å². The normalized spacial score (nSPS) is 18.8. The first kappa shape index (κ1) is 23.3. The Labute approximate surface area is 198 Å². The second kappa shape index (κ2) is 8.95. The highest BCUT2D eigenvalue weighted by Crippen LogP contribution is 2.32. The molecule has 5 rings (SSSR count). The van der Waals surface area contributed by atoms with Gasteiger partial charge in [0, 0.05) is 38.4 Å². The number of hydrogen-bond acceptors (Lipinski definition) is 7. The van der Waals surface area contributed by atoms with Crippen molar-refractivity contribution in [3.05, 3.63) is 30.4 Å². The summed E-state index contributed by atoms with van der Waals surface area (Å²) in [5.41, 5.74) is 0.357. The fourth-order valence-corrected chi connectivity index (χ4v) is 4.32. The van der Waals surface area contributed by atoms with Crippen molar-refractivity contribution in [1.82, 2.24) is 34.3 Å². The third kappa shape index (κ3) is 4.35. The fourth-order valence-electron chi connectivity index (χ4n) is 4.32. The zero-order valence-electron chi connectivity index (χ0n) is 19.2. The van der Waals surface area contributed by atoms with E-state index in [9.17, 15) is 18.0 Å². The second-order valence-electron chi connectivity index (χ2n) is 8.48. The van der Waals surface area contributed by atoms with Gasteiger partial charge in [0.15, 0.2) is 11.2 Å². The van der Waals surface area contributed by atoms with E-state index in [1.807, 2.05) is 6.92 Å². The number of amides is 2. The molecule has 2 aliphatic heterocycles. The summed E-state index contributed by atoms with van der Waals surface area (Å²) in [6.45, 7) is 4.52. The van der Waals surface area contributed by atoms with Gasteiger partial charge in [0.25, 0.3) is 0 Å². The van der Waals surface area contributed by atoms with E-state index in [2.05, 4.69) is 19.9 Å². The summed E-state index contributed by atoms with van der Waals surface area (Å²) in [7, 11) is 1.63. The number of aromatic nitrogens is 5. The Morgan fingerprint density at radius 3 is 2.54 bits per heavy atom. The third-order valence-corrected chi connectivity index (χ3v) is 6.27. The van der Waals surface area contributed by atoms with Crippen molar-refractivity contribution in [2.24, 2.45) is 0 Å². The first-order valence-electron chi connectivity index (χ1n) is 11.3. The summed E-state index contributed by atoms with van der Waals surface area (Å²) in [5.74, 6) is 0.689. The van der Waals surface area contributed by atoms with Gasteiger partial charge in [-0.1, -0.05) is 0 Å². The number of nitrogens with zero attached hydrogens (tertiary/aromatic N) is 7. The molecule has 0 aliphatic carbocycles. The SMILES string of the molecule is CCn1c(-c2ccc(C(F)(F)F)nc2)nc2c(OC3CCN(C(=O)N4CC(OC)C4)C3)ncnc21. The summed E-state index contributed by atoms with van der Waals surface area (Å²) >= 11 is 0. The quantitative estimate of drug-likeness (QED) is 0.541. The van der Waals surface area contributed by atoms with Gasteiger partial charge < -0.3 is 23.8 Å². The van der Waals surface area contributed by atoms with E-state index in [0.717, 1.165) is 12.3 Å². The van der Waals surface area contributed by atoms with Crippen LogP contribution in [0.1, 0.15) is 19.0 Å². The molecule has 1 unspecified atom stereocenters. The minimum Gasteiger partial charge on any atom is -0.471 e. The van der Waals surface area contributed by atoms with Crippen LogP contribution in [-0.2, 0) is 17.5 Å². The van der Waals surface area contributed by atoms with E-state index in [0.29, 0.717) is 61.7 Å². The maximum Gasteiger partial charge on any atom is 0.433 e. The van der Waals surface area contributed by atoms with Gasteiger partial charge >= 0.3 is 12.2 Å². The van der Waals surface area contributed by atoms with Crippen molar-refractivity contribution in [1.29, 1.82) is 0 Å². The number of urea groups is 1. The molecule has 186 valence electrons. The van der Waals surface area contributed by atoms with E-state index < -0.39 is 11.9 Å². The number of pyridine rings is 1. The number of alkyl halides is 3. The van der Waals surface area contributed by atoms with Crippen LogP contribution in [0.3, 0.4) is 0 Å². The van der Waals surface area contributed by atoms with E-state index in [1.165, 1.54) is 12.4 Å². The van der Waals surface area contributed by atoms with Crippen molar-refractivity contribution >= 4 is 17.2 Å². The summed E-state index contributed by atoms with van der Waals surface area (Å²) in [6.07, 6.45) is -1.54. The minimum atomic E-state index is -4.52. The number of rotatable bonds is 5. The average molecular weight is 491 g/mol. The molecule has 0 N–H and O–H groups in total. The fraction of sp³-hybridized carbons (Fsp3) is 0.500. The van der Waals surface area contributed by atoms with Crippen LogP contribution in [0.15, 0.2) is 24.7 Å². The topological polar surface area (TPSA) is 98.5 Å². The highest BCUT2D eigenvalue weighted by atomic mass is 19.4. The lowest BCUT2D eigenvalue weighted by atomic mass is 10.2. The Kier molecular flexibility index (Phi) is 5.95. The summed E-state index contributed by atoms with van der Waals surface area (Å²) in [6, 6.07) is 2.22. The molecule has 0 spiro atoms. The van der Waals surface area contributed by atoms with Gasteiger partial charge in [-0.2, -0.15) is 18.2 Å². The molecule has 0 saturated carbocycles. The van der Waals surface area contributed by atoms with Crippen LogP contribution in [0.5, 0.6) is 5.88 Å². The molecule has 2 amide bonds. The average Bonchev–Trinajstić information content (AvgIpc) is 3.43. The van der Waals surface area contributed by atoms with Gasteiger partial charge in [-0.25, -0.2) is 14.8 Å². The molecule has 10 nitrogen and oxygen atoms in total. The molecule has 3 aromatic heterocycles. The van der Waals surface area contributed by atoms with E-state index in [1.54, 1.807) is 21.5 Å². The standard InChI is InChI=1S/C22H24F3N7O3/c1-3-32-18(13-4-5-16(26-8-13)22(23,24)25)29-17-19(32)27-12-28-20(17)35-14-6-7-30(9-14)21(33)31-10-15(11-31)34-2/h4-5,8,12,14-15H,3,6-7,9-11H2,1-2H3. The number of fused-ring (bicyclic) bond motifs is 1. The predicted octanol–water partition coefficient (Wildman–Crippen LogP) is 2.83. The van der Waals surface area contributed by atoms with Crippen molar-refractivity contribution in [3.8, 4) is 17.3 Å². The molecule has 2 fully saturated rings. The Morgan fingerprint density at radius 1 is 1.11 bits per heavy atom. The molecule has 35 heavy (non-hydrogen) atoms. The Balaban J connectivity index is 1.35. The lowest BCUT2D eigenvalue weighted by Crippen LogP contribution is -2.58. The monoisotopic (exact) mass is 491 g/mol. The van der Waals surface area contributed by atoms with Crippen molar-refractivity contribution < 1.29 is 27.4 Å². The summed E-state index contributed by atoms with van der Waals surface area (Å²) < 4.78 is 51.9. The Bertz CT molecular complexity index is 1230. The second-order valence-corrected chi connectivity index (χ2v) is 8.48. The Morgan fingerprint density at radius 2 is 1.89 bits per heavy atom. The largest absolute Gasteiger partial charge is 0.471 e. The van der Waals surface area contributed by atoms with E-state index >= 15 is 0 Å². The van der Waals surface area contributed by atoms with Crippen LogP contribution >= 0.6 is 0 Å². The first-order valence-corrected chi connectivity index (χ1v) is 11.3. The van der Waals surface area contributed by atoms with Crippen LogP contribution in [0.2, 0.25) is 0 Å². The van der Waals surface area contributed by atoms with Gasteiger partial charge in [-0.3, -0.25) is 4.98 Å². The number of hydrogen-bond donors (Lipinski definition) is 0. The van der Waals surface area contributed by atoms with E-state index in [4.69, 9.17) is 9.47 Å². The number of carbonyl (C=O) groups is 1. The molecule has 13 heteroatoms. The summed E-state index contributed by atoms with van der Waals surface area (Å²) in [4.78, 5) is 32.9. The number of halogens is 3. The van der Waals surface area contributed by atoms with Gasteiger partial charge in [0.1, 0.15) is 23.9 Å². The molecular weight excluding hydrogens is 467 g/mol. The first-order chi connectivity index (χ1) is 16.8. The molecule has 5 heterocycles. The van der Waals surface area contributed by atoms with Gasteiger partial charge in [0.2, 0.25) is 5.88 Å². The molecular formula is C22H24F3N7O3. The zero-order chi connectivity index (χ0) is 24.7. The molecule has 0 aromatic carbocycles. The molecule has 2 saturated heterocycles. The van der Waals surface area contributed by atoms with Gasteiger partial charge in [0.05, 0.1) is 25.7 Å². The van der Waals surface area contributed by atoms with Crippen LogP contribution < -0.4 is 4.74 Å². The number of likely N-dealkylation sites (tertiary alicyclic amines) is 2. The predicted molar refractivity (Wildman–Crippen MR) is 118 cm³/mol. The van der Waals surface area contributed by atoms with Gasteiger partial charge in [-0.05, 0) is 19.1 Å². The Hall–Kier alpha value is -3.48. The van der Waals surface area contributed by atoms with Crippen LogP contribution in [0.4, 0.5) is 18.0 Å². The smallest absolute Gasteiger partial charge is 0.433 e. The van der Waals surface area contributed by atoms with E-state index in [-0.39, 0.29) is 24.1 Å². The maximum atomic E-state index is 12.9. The van der Waals surface area contributed by atoms with Crippen molar-refractivity contribution in [2.75, 3.05) is 33.3 Å². The molecule has 0 bridgehead atoms. The highest BCUT2D eigenvalue weighted by Gasteiger charge is 2.37. The lowest BCUT2D eigenvalue weighted by Gasteiger charge is -2.40. The van der Waals surface area contributed by atoms with Crippen LogP contribution in [0, 0.1) is 0 Å². The van der Waals surface area contributed by atoms with Crippen LogP contribution in [0.25, 0.3) is 22.6 Å². The number of ether oxygens (including phenoxy) is 2. The zero-order valence-corrected chi connectivity index (χ0v) is 19.2. The number of methoxy groups -OCH3 is 1. The number of aryl methyl sites for hydroxylation is 1. The third-order valence-electron chi connectivity index (χ3n) is 6.27. The molecule has 3 aromatic rings. The molecule has 2 aliphatic rings. The summed E-state index contributed by atoms with van der Waals surface area (Å²) in [5, 5.41) is 0. The highest BCUT2D eigenvalue weighted by molar-refractivity contribution is 5.81.